The zero-order chi connectivity index (χ0) is 9.84. The van der Waals surface area contributed by atoms with Crippen molar-refractivity contribution < 1.29 is 0 Å². The van der Waals surface area contributed by atoms with Crippen molar-refractivity contribution in [2.75, 3.05) is 13.1 Å². The second-order valence-corrected chi connectivity index (χ2v) is 4.12. The van der Waals surface area contributed by atoms with E-state index in [0.29, 0.717) is 12.1 Å². The minimum Gasteiger partial charge on any atom is -0.339 e. The van der Waals surface area contributed by atoms with Gasteiger partial charge in [-0.15, -0.1) is 0 Å². The van der Waals surface area contributed by atoms with E-state index >= 15 is 0 Å². The van der Waals surface area contributed by atoms with Crippen LogP contribution in [-0.2, 0) is 0 Å². The number of hydrazone groups is 1. The van der Waals surface area contributed by atoms with Gasteiger partial charge in [0.2, 0.25) is 0 Å². The van der Waals surface area contributed by atoms with Crippen LogP contribution < -0.4 is 0 Å². The van der Waals surface area contributed by atoms with Gasteiger partial charge >= 0.3 is 0 Å². The van der Waals surface area contributed by atoms with E-state index in [1.54, 1.807) is 0 Å². The van der Waals surface area contributed by atoms with E-state index in [9.17, 15) is 0 Å². The van der Waals surface area contributed by atoms with Crippen LogP contribution in [0.3, 0.4) is 0 Å². The third-order valence-electron chi connectivity index (χ3n) is 2.29. The number of nitrogens with zero attached hydrogens (tertiary/aromatic N) is 3. The van der Waals surface area contributed by atoms with Gasteiger partial charge in [0.1, 0.15) is 12.5 Å². The van der Waals surface area contributed by atoms with Crippen molar-refractivity contribution in [2.45, 2.75) is 40.3 Å². The molecule has 76 valence electrons. The highest BCUT2D eigenvalue weighted by Gasteiger charge is 2.22. The van der Waals surface area contributed by atoms with Crippen LogP contribution >= 0.6 is 0 Å². The summed E-state index contributed by atoms with van der Waals surface area (Å²) >= 11 is 0. The van der Waals surface area contributed by atoms with Crippen LogP contribution in [0.25, 0.3) is 0 Å². The van der Waals surface area contributed by atoms with Gasteiger partial charge in [0, 0.05) is 13.1 Å². The summed E-state index contributed by atoms with van der Waals surface area (Å²) in [6, 6.07) is 0. The lowest BCUT2D eigenvalue weighted by Gasteiger charge is -2.28. The molecule has 0 bridgehead atoms. The molecule has 0 aliphatic carbocycles. The van der Waals surface area contributed by atoms with Crippen molar-refractivity contribution in [1.29, 1.82) is 0 Å². The molecule has 1 aliphatic heterocycles. The van der Waals surface area contributed by atoms with E-state index in [4.69, 9.17) is 0 Å². The lowest BCUT2D eigenvalue weighted by Crippen LogP contribution is -2.39. The Bertz CT molecular complexity index is 177. The summed E-state index contributed by atoms with van der Waals surface area (Å²) in [5.41, 5.74) is 0. The molecule has 0 aromatic rings. The summed E-state index contributed by atoms with van der Waals surface area (Å²) in [5.74, 6) is 0.704. The molecule has 1 aliphatic rings. The first kappa shape index (κ1) is 10.4. The molecule has 0 N–H and O–H groups in total. The van der Waals surface area contributed by atoms with Crippen LogP contribution in [0.1, 0.15) is 34.1 Å². The molecule has 3 nitrogen and oxygen atoms in total. The van der Waals surface area contributed by atoms with E-state index in [1.807, 2.05) is 6.34 Å². The zero-order valence-corrected chi connectivity index (χ0v) is 9.20. The van der Waals surface area contributed by atoms with Crippen LogP contribution in [0.5, 0.6) is 0 Å². The molecule has 13 heavy (non-hydrogen) atoms. The highest BCUT2D eigenvalue weighted by atomic mass is 15.6. The van der Waals surface area contributed by atoms with Gasteiger partial charge in [-0.3, -0.25) is 5.01 Å². The minimum absolute atomic E-state index is 0.447. The molecule has 1 unspecified atom stereocenters. The molecule has 0 amide bonds. The molecule has 1 atom stereocenters. The highest BCUT2D eigenvalue weighted by Crippen LogP contribution is 2.13. The standard InChI is InChI=1S/C10H21N3/c1-5-6-13-10(4)12(8-11-13)7-9(2)3/h8-10H,5-7H2,1-4H3. The molecule has 1 heterocycles. The van der Waals surface area contributed by atoms with Gasteiger partial charge < -0.3 is 4.90 Å². The first-order valence-electron chi connectivity index (χ1n) is 5.21. The summed E-state index contributed by atoms with van der Waals surface area (Å²) < 4.78 is 0. The Morgan fingerprint density at radius 2 is 2.15 bits per heavy atom. The minimum atomic E-state index is 0.447. The van der Waals surface area contributed by atoms with E-state index in [-0.39, 0.29) is 0 Å². The fourth-order valence-electron chi connectivity index (χ4n) is 1.59. The Morgan fingerprint density at radius 1 is 1.46 bits per heavy atom. The topological polar surface area (TPSA) is 18.8 Å². The summed E-state index contributed by atoms with van der Waals surface area (Å²) in [6.45, 7) is 11.0. The lowest BCUT2D eigenvalue weighted by molar-refractivity contribution is 0.139. The van der Waals surface area contributed by atoms with E-state index in [2.05, 4.69) is 42.7 Å². The van der Waals surface area contributed by atoms with Crippen molar-refractivity contribution in [1.82, 2.24) is 9.91 Å². The maximum Gasteiger partial charge on any atom is 0.116 e. The average molecular weight is 183 g/mol. The Hall–Kier alpha value is -0.730. The lowest BCUT2D eigenvalue weighted by atomic mass is 10.2. The van der Waals surface area contributed by atoms with Gasteiger partial charge in [0.05, 0.1) is 0 Å². The smallest absolute Gasteiger partial charge is 0.116 e. The Labute approximate surface area is 81.4 Å². The molecule has 1 rings (SSSR count). The van der Waals surface area contributed by atoms with Gasteiger partial charge in [-0.05, 0) is 19.3 Å². The van der Waals surface area contributed by atoms with Crippen molar-refractivity contribution in [2.24, 2.45) is 11.0 Å². The number of hydrogen-bond acceptors (Lipinski definition) is 3. The summed E-state index contributed by atoms with van der Waals surface area (Å²) in [4.78, 5) is 2.31. The van der Waals surface area contributed by atoms with E-state index in [0.717, 1.165) is 19.5 Å². The molecule has 0 saturated carbocycles. The highest BCUT2D eigenvalue weighted by molar-refractivity contribution is 5.56. The Kier molecular flexibility index (Phi) is 3.58. The van der Waals surface area contributed by atoms with Crippen molar-refractivity contribution in [3.8, 4) is 0 Å². The SMILES string of the molecule is CCCN1N=CN(CC(C)C)C1C. The van der Waals surface area contributed by atoms with Crippen molar-refractivity contribution in [3.63, 3.8) is 0 Å². The van der Waals surface area contributed by atoms with Gasteiger partial charge in [0.15, 0.2) is 0 Å². The summed E-state index contributed by atoms with van der Waals surface area (Å²) in [5, 5.41) is 6.53. The first-order chi connectivity index (χ1) is 6.15. The first-order valence-corrected chi connectivity index (χ1v) is 5.21. The van der Waals surface area contributed by atoms with Gasteiger partial charge in [0.25, 0.3) is 0 Å². The van der Waals surface area contributed by atoms with Crippen LogP contribution in [0.2, 0.25) is 0 Å². The fourth-order valence-corrected chi connectivity index (χ4v) is 1.59. The second kappa shape index (κ2) is 4.49. The Morgan fingerprint density at radius 3 is 2.69 bits per heavy atom. The summed E-state index contributed by atoms with van der Waals surface area (Å²) in [6.07, 6.45) is 3.58. The Balaban J connectivity index is 2.41. The monoisotopic (exact) mass is 183 g/mol. The van der Waals surface area contributed by atoms with E-state index < -0.39 is 0 Å². The zero-order valence-electron chi connectivity index (χ0n) is 9.20. The van der Waals surface area contributed by atoms with Gasteiger partial charge in [-0.1, -0.05) is 20.8 Å². The van der Waals surface area contributed by atoms with Crippen molar-refractivity contribution in [3.05, 3.63) is 0 Å². The largest absolute Gasteiger partial charge is 0.339 e. The average Bonchev–Trinajstić information content (AvgIpc) is 2.36. The molecule has 0 saturated heterocycles. The maximum absolute atomic E-state index is 4.38. The number of hydrogen-bond donors (Lipinski definition) is 0. The molecule has 0 spiro atoms. The molecule has 0 aromatic carbocycles. The fraction of sp³-hybridized carbons (Fsp3) is 0.900. The molecule has 3 heteroatoms. The van der Waals surface area contributed by atoms with Crippen molar-refractivity contribution >= 4 is 6.34 Å². The molecule has 0 radical (unpaired) electrons. The van der Waals surface area contributed by atoms with Gasteiger partial charge in [-0.25, -0.2) is 0 Å². The summed E-state index contributed by atoms with van der Waals surface area (Å²) in [7, 11) is 0. The molecular formula is C10H21N3. The van der Waals surface area contributed by atoms with Crippen LogP contribution in [0.15, 0.2) is 5.10 Å². The van der Waals surface area contributed by atoms with Crippen LogP contribution in [0.4, 0.5) is 0 Å². The number of rotatable bonds is 4. The maximum atomic E-state index is 4.38. The predicted molar refractivity (Wildman–Crippen MR) is 56.5 cm³/mol. The second-order valence-electron chi connectivity index (χ2n) is 4.12. The predicted octanol–water partition coefficient (Wildman–Crippen LogP) is 1.96. The van der Waals surface area contributed by atoms with E-state index in [1.165, 1.54) is 0 Å². The third-order valence-corrected chi connectivity index (χ3v) is 2.29. The van der Waals surface area contributed by atoms with Gasteiger partial charge in [-0.2, -0.15) is 5.10 Å². The normalized spacial score (nSPS) is 22.1. The van der Waals surface area contributed by atoms with Crippen LogP contribution in [-0.4, -0.2) is 35.5 Å². The molecule has 0 aromatic heterocycles. The molecular weight excluding hydrogens is 162 g/mol. The quantitative estimate of drug-likeness (QED) is 0.663. The third kappa shape index (κ3) is 2.61. The van der Waals surface area contributed by atoms with Crippen LogP contribution in [0, 0.1) is 5.92 Å². The molecule has 0 fully saturated rings.